The van der Waals surface area contributed by atoms with Crippen LogP contribution in [0.15, 0.2) is 72.8 Å². The molecule has 0 N–H and O–H groups in total. The SMILES string of the molecule is [CH3][Sn]1([CH3])[c]2ccc(-c3ccccc3)cc2-c2ccc3c4c(cc[c]1c24)CC3. The first-order chi connectivity index (χ1) is 13.1. The molecule has 0 bridgehead atoms. The fourth-order valence-corrected chi connectivity index (χ4v) is 14.1. The number of hydrogen-bond acceptors (Lipinski definition) is 0. The van der Waals surface area contributed by atoms with Crippen LogP contribution in [0, 0.1) is 0 Å². The summed E-state index contributed by atoms with van der Waals surface area (Å²) in [6.45, 7) is 0. The van der Waals surface area contributed by atoms with Crippen molar-refractivity contribution < 1.29 is 0 Å². The standard InChI is InChI=1S/C24H16.2CH3.Sn/c1-2-6-17(7-3-1)20-9-4-10-21(16-20)22-15-14-19-13-12-18-8-5-11-23(22)24(18)19;;;/h1-9,14-16H,12-13H2;2*1H3;. The Kier molecular flexibility index (Phi) is 3.24. The average Bonchev–Trinajstić information content (AvgIpc) is 3.13. The van der Waals surface area contributed by atoms with Crippen molar-refractivity contribution in [3.05, 3.63) is 83.9 Å². The van der Waals surface area contributed by atoms with Crippen molar-refractivity contribution in [1.29, 1.82) is 0 Å². The molecule has 0 spiro atoms. The van der Waals surface area contributed by atoms with Gasteiger partial charge in [0.1, 0.15) is 0 Å². The van der Waals surface area contributed by atoms with Crippen molar-refractivity contribution in [3.63, 3.8) is 0 Å². The Bertz CT molecular complexity index is 1220. The predicted molar refractivity (Wildman–Crippen MR) is 119 cm³/mol. The van der Waals surface area contributed by atoms with Gasteiger partial charge in [-0.05, 0) is 0 Å². The predicted octanol–water partition coefficient (Wildman–Crippen LogP) is 5.41. The first-order valence-electron chi connectivity index (χ1n) is 9.93. The number of fused-ring (bicyclic) bond motifs is 2. The number of rotatable bonds is 1. The maximum absolute atomic E-state index is 2.59. The molecule has 1 aliphatic carbocycles. The van der Waals surface area contributed by atoms with E-state index in [-0.39, 0.29) is 0 Å². The minimum atomic E-state index is -2.59. The van der Waals surface area contributed by atoms with E-state index in [9.17, 15) is 0 Å². The molecule has 4 aromatic carbocycles. The third kappa shape index (κ3) is 2.11. The van der Waals surface area contributed by atoms with Gasteiger partial charge in [0.25, 0.3) is 0 Å². The van der Waals surface area contributed by atoms with Gasteiger partial charge < -0.3 is 0 Å². The normalized spacial score (nSPS) is 15.8. The van der Waals surface area contributed by atoms with Crippen LogP contribution >= 0.6 is 0 Å². The van der Waals surface area contributed by atoms with Gasteiger partial charge in [0.2, 0.25) is 0 Å². The third-order valence-corrected chi connectivity index (χ3v) is 16.9. The van der Waals surface area contributed by atoms with Crippen molar-refractivity contribution in [2.45, 2.75) is 22.7 Å². The molecule has 2 aliphatic rings. The molecule has 0 saturated heterocycles. The van der Waals surface area contributed by atoms with Crippen LogP contribution in [0.5, 0.6) is 0 Å². The number of hydrogen-bond donors (Lipinski definition) is 0. The van der Waals surface area contributed by atoms with Gasteiger partial charge in [-0.15, -0.1) is 0 Å². The molecule has 1 heteroatoms. The summed E-state index contributed by atoms with van der Waals surface area (Å²) in [5.74, 6) is 0. The van der Waals surface area contributed by atoms with Gasteiger partial charge in [0.15, 0.2) is 0 Å². The molecule has 4 aromatic rings. The first-order valence-corrected chi connectivity index (χ1v) is 18.5. The third-order valence-electron chi connectivity index (χ3n) is 6.76. The van der Waals surface area contributed by atoms with Gasteiger partial charge in [0.05, 0.1) is 0 Å². The molecule has 130 valence electrons. The zero-order valence-electron chi connectivity index (χ0n) is 15.8. The van der Waals surface area contributed by atoms with E-state index >= 15 is 0 Å². The van der Waals surface area contributed by atoms with Crippen molar-refractivity contribution >= 4 is 36.3 Å². The molecule has 1 heterocycles. The molecule has 0 saturated carbocycles. The van der Waals surface area contributed by atoms with E-state index < -0.39 is 18.4 Å². The zero-order valence-corrected chi connectivity index (χ0v) is 18.7. The molecule has 0 nitrogen and oxygen atoms in total. The van der Waals surface area contributed by atoms with Crippen molar-refractivity contribution in [1.82, 2.24) is 0 Å². The molecule has 0 atom stereocenters. The first kappa shape index (κ1) is 15.9. The van der Waals surface area contributed by atoms with Crippen LogP contribution in [0.3, 0.4) is 0 Å². The summed E-state index contributed by atoms with van der Waals surface area (Å²) in [5.41, 5.74) is 8.75. The van der Waals surface area contributed by atoms with Gasteiger partial charge in [-0.3, -0.25) is 0 Å². The van der Waals surface area contributed by atoms with E-state index in [1.165, 1.54) is 35.1 Å². The molecular formula is C26H22Sn. The minimum absolute atomic E-state index is 1.21. The van der Waals surface area contributed by atoms with Crippen LogP contribution in [0.2, 0.25) is 9.88 Å². The average molecular weight is 453 g/mol. The fourth-order valence-electron chi connectivity index (χ4n) is 5.34. The van der Waals surface area contributed by atoms with Gasteiger partial charge >= 0.3 is 165 Å². The number of aryl methyl sites for hydroxylation is 2. The Hall–Kier alpha value is -2.06. The summed E-state index contributed by atoms with van der Waals surface area (Å²) in [6.07, 6.45) is 2.42. The maximum atomic E-state index is 2.59. The molecule has 27 heavy (non-hydrogen) atoms. The molecule has 0 unspecified atom stereocenters. The molecular weight excluding hydrogens is 431 g/mol. The van der Waals surface area contributed by atoms with Crippen molar-refractivity contribution in [3.8, 4) is 22.3 Å². The van der Waals surface area contributed by atoms with Gasteiger partial charge in [0, 0.05) is 0 Å². The summed E-state index contributed by atoms with van der Waals surface area (Å²) >= 11 is -2.59. The zero-order chi connectivity index (χ0) is 18.2. The second-order valence-corrected chi connectivity index (χ2v) is 20.9. The van der Waals surface area contributed by atoms with E-state index in [0.29, 0.717) is 0 Å². The topological polar surface area (TPSA) is 0 Å². The summed E-state index contributed by atoms with van der Waals surface area (Å²) in [4.78, 5) is 5.19. The Morgan fingerprint density at radius 3 is 2.07 bits per heavy atom. The van der Waals surface area contributed by atoms with E-state index in [1.807, 2.05) is 0 Å². The van der Waals surface area contributed by atoms with Crippen LogP contribution < -0.4 is 7.16 Å². The molecule has 0 radical (unpaired) electrons. The van der Waals surface area contributed by atoms with E-state index in [2.05, 4.69) is 82.7 Å². The van der Waals surface area contributed by atoms with Crippen LogP contribution in [-0.2, 0) is 12.8 Å². The monoisotopic (exact) mass is 454 g/mol. The van der Waals surface area contributed by atoms with Crippen molar-refractivity contribution in [2.24, 2.45) is 0 Å². The fraction of sp³-hybridized carbons (Fsp3) is 0.154. The van der Waals surface area contributed by atoms with Crippen molar-refractivity contribution in [2.75, 3.05) is 0 Å². The Morgan fingerprint density at radius 2 is 1.30 bits per heavy atom. The Balaban J connectivity index is 1.72. The molecule has 0 fully saturated rings. The summed E-state index contributed by atoms with van der Waals surface area (Å²) in [7, 11) is 0. The van der Waals surface area contributed by atoms with E-state index in [0.717, 1.165) is 0 Å². The van der Waals surface area contributed by atoms with Gasteiger partial charge in [-0.1, -0.05) is 0 Å². The summed E-state index contributed by atoms with van der Waals surface area (Å²) in [6, 6.07) is 27.8. The van der Waals surface area contributed by atoms with Gasteiger partial charge in [-0.25, -0.2) is 0 Å². The second kappa shape index (κ2) is 5.48. The van der Waals surface area contributed by atoms with Crippen LogP contribution in [-0.4, -0.2) is 18.4 Å². The molecule has 0 amide bonds. The van der Waals surface area contributed by atoms with E-state index in [1.54, 1.807) is 29.1 Å². The van der Waals surface area contributed by atoms with Crippen LogP contribution in [0.25, 0.3) is 33.0 Å². The number of benzene rings is 4. The Labute approximate surface area is 164 Å². The Morgan fingerprint density at radius 1 is 0.593 bits per heavy atom. The molecule has 1 aliphatic heterocycles. The molecule has 6 rings (SSSR count). The quantitative estimate of drug-likeness (QED) is 0.339. The second-order valence-electron chi connectivity index (χ2n) is 8.55. The van der Waals surface area contributed by atoms with Crippen LogP contribution in [0.1, 0.15) is 11.1 Å². The van der Waals surface area contributed by atoms with E-state index in [4.69, 9.17) is 0 Å². The molecule has 0 aromatic heterocycles. The van der Waals surface area contributed by atoms with Crippen LogP contribution in [0.4, 0.5) is 0 Å². The van der Waals surface area contributed by atoms with Gasteiger partial charge in [-0.2, -0.15) is 0 Å². The summed E-state index contributed by atoms with van der Waals surface area (Å²) in [5, 5.41) is 3.19. The summed E-state index contributed by atoms with van der Waals surface area (Å²) < 4.78 is 3.35.